The zero-order valence-electron chi connectivity index (χ0n) is 17.9. The summed E-state index contributed by atoms with van der Waals surface area (Å²) < 4.78 is 11.2. The lowest BCUT2D eigenvalue weighted by molar-refractivity contribution is 0.0500. The predicted octanol–water partition coefficient (Wildman–Crippen LogP) is 7.12. The van der Waals surface area contributed by atoms with Crippen LogP contribution in [0.25, 0.3) is 33.7 Å². The molecule has 0 aliphatic rings. The van der Waals surface area contributed by atoms with E-state index in [1.54, 1.807) is 18.2 Å². The van der Waals surface area contributed by atoms with Crippen molar-refractivity contribution in [3.63, 3.8) is 0 Å². The van der Waals surface area contributed by atoms with Crippen molar-refractivity contribution in [1.29, 1.82) is 5.26 Å². The number of nitriles is 1. The van der Waals surface area contributed by atoms with E-state index in [-0.39, 0.29) is 5.97 Å². The fourth-order valence-corrected chi connectivity index (χ4v) is 3.52. The minimum atomic E-state index is -0.318. The Balaban J connectivity index is 1.56. The lowest BCUT2D eigenvalue weighted by Crippen LogP contribution is -2.05. The van der Waals surface area contributed by atoms with Gasteiger partial charge < -0.3 is 9.15 Å². The van der Waals surface area contributed by atoms with Crippen LogP contribution >= 0.6 is 0 Å². The highest BCUT2D eigenvalue weighted by Crippen LogP contribution is 2.29. The van der Waals surface area contributed by atoms with Crippen LogP contribution in [0.4, 0.5) is 0 Å². The number of unbranched alkanes of at least 4 members (excludes halogenated alkanes) is 1. The quantitative estimate of drug-likeness (QED) is 0.181. The Labute approximate surface area is 187 Å². The van der Waals surface area contributed by atoms with Crippen LogP contribution in [-0.4, -0.2) is 12.6 Å². The fourth-order valence-electron chi connectivity index (χ4n) is 3.52. The second kappa shape index (κ2) is 9.80. The van der Waals surface area contributed by atoms with Crippen LogP contribution in [0.1, 0.15) is 41.4 Å². The lowest BCUT2D eigenvalue weighted by Gasteiger charge is -2.05. The van der Waals surface area contributed by atoms with Crippen LogP contribution in [0.5, 0.6) is 0 Å². The first-order chi connectivity index (χ1) is 15.7. The normalized spacial score (nSPS) is 11.3. The van der Waals surface area contributed by atoms with Crippen molar-refractivity contribution in [2.75, 3.05) is 6.61 Å². The van der Waals surface area contributed by atoms with E-state index < -0.39 is 0 Å². The topological polar surface area (TPSA) is 63.2 Å². The molecule has 32 heavy (non-hydrogen) atoms. The van der Waals surface area contributed by atoms with E-state index in [1.807, 2.05) is 66.7 Å². The summed E-state index contributed by atoms with van der Waals surface area (Å²) in [5.74, 6) is 0.937. The largest absolute Gasteiger partial charge is 0.462 e. The molecule has 4 heteroatoms. The molecular weight excluding hydrogens is 398 g/mol. The van der Waals surface area contributed by atoms with Crippen molar-refractivity contribution >= 4 is 28.4 Å². The molecule has 0 amide bonds. The summed E-state index contributed by atoms with van der Waals surface area (Å²) >= 11 is 0. The highest BCUT2D eigenvalue weighted by atomic mass is 16.5. The molecule has 1 heterocycles. The van der Waals surface area contributed by atoms with Crippen molar-refractivity contribution < 1.29 is 13.9 Å². The molecule has 0 fully saturated rings. The van der Waals surface area contributed by atoms with Gasteiger partial charge in [-0.25, -0.2) is 4.79 Å². The van der Waals surface area contributed by atoms with Gasteiger partial charge in [-0.15, -0.1) is 0 Å². The van der Waals surface area contributed by atoms with E-state index in [4.69, 9.17) is 9.15 Å². The van der Waals surface area contributed by atoms with Gasteiger partial charge in [0.05, 0.1) is 23.8 Å². The number of fused-ring (bicyclic) bond motifs is 1. The molecule has 0 N–H and O–H groups in total. The Morgan fingerprint density at radius 1 is 1.00 bits per heavy atom. The molecule has 1 aromatic heterocycles. The van der Waals surface area contributed by atoms with Gasteiger partial charge in [-0.2, -0.15) is 5.26 Å². The third-order valence-corrected chi connectivity index (χ3v) is 5.25. The van der Waals surface area contributed by atoms with Gasteiger partial charge in [0.15, 0.2) is 0 Å². The number of carbonyl (C=O) groups is 1. The van der Waals surface area contributed by atoms with Crippen LogP contribution in [0, 0.1) is 11.3 Å². The molecule has 4 rings (SSSR count). The molecule has 0 unspecified atom stereocenters. The molecule has 4 nitrogen and oxygen atoms in total. The van der Waals surface area contributed by atoms with Gasteiger partial charge in [0, 0.05) is 11.1 Å². The number of benzene rings is 3. The van der Waals surface area contributed by atoms with Gasteiger partial charge in [0.25, 0.3) is 0 Å². The molecule has 0 spiro atoms. The molecule has 4 aromatic rings. The van der Waals surface area contributed by atoms with Gasteiger partial charge in [0.1, 0.15) is 11.5 Å². The molecular formula is C28H23NO3. The predicted molar refractivity (Wildman–Crippen MR) is 127 cm³/mol. The van der Waals surface area contributed by atoms with Gasteiger partial charge in [0.2, 0.25) is 0 Å². The van der Waals surface area contributed by atoms with E-state index in [0.29, 0.717) is 29.3 Å². The van der Waals surface area contributed by atoms with Gasteiger partial charge in [-0.3, -0.25) is 0 Å². The van der Waals surface area contributed by atoms with E-state index in [2.05, 4.69) is 13.0 Å². The monoisotopic (exact) mass is 421 g/mol. The van der Waals surface area contributed by atoms with Crippen molar-refractivity contribution in [2.45, 2.75) is 19.8 Å². The van der Waals surface area contributed by atoms with Gasteiger partial charge >= 0.3 is 5.97 Å². The SMILES string of the molecule is CCCCOC(=O)c1ccc(-c2ccc(/C=C(/C#N)c3cccc4ccccc34)o2)cc1. The van der Waals surface area contributed by atoms with Crippen LogP contribution < -0.4 is 0 Å². The number of ether oxygens (including phenoxy) is 1. The fraction of sp³-hybridized carbons (Fsp3) is 0.143. The summed E-state index contributed by atoms with van der Waals surface area (Å²) in [5, 5.41) is 11.9. The minimum absolute atomic E-state index is 0.318. The zero-order valence-corrected chi connectivity index (χ0v) is 17.9. The highest BCUT2D eigenvalue weighted by molar-refractivity contribution is 6.01. The zero-order chi connectivity index (χ0) is 22.3. The molecule has 0 saturated heterocycles. The molecule has 0 radical (unpaired) electrons. The summed E-state index contributed by atoms with van der Waals surface area (Å²) in [6, 6.07) is 27.0. The van der Waals surface area contributed by atoms with E-state index in [1.165, 1.54) is 0 Å². The highest BCUT2D eigenvalue weighted by Gasteiger charge is 2.11. The Kier molecular flexibility index (Phi) is 6.48. The molecule has 0 atom stereocenters. The smallest absolute Gasteiger partial charge is 0.338 e. The molecule has 0 aliphatic heterocycles. The van der Waals surface area contributed by atoms with Crippen molar-refractivity contribution in [3.8, 4) is 17.4 Å². The summed E-state index contributed by atoms with van der Waals surface area (Å²) in [5.41, 5.74) is 2.76. The average Bonchev–Trinajstić information content (AvgIpc) is 3.31. The molecule has 0 bridgehead atoms. The van der Waals surface area contributed by atoms with E-state index in [9.17, 15) is 10.1 Å². The first kappa shape index (κ1) is 21.1. The summed E-state index contributed by atoms with van der Waals surface area (Å²) in [4.78, 5) is 12.1. The molecule has 158 valence electrons. The van der Waals surface area contributed by atoms with Crippen molar-refractivity contribution in [3.05, 3.63) is 95.7 Å². The first-order valence-corrected chi connectivity index (χ1v) is 10.7. The van der Waals surface area contributed by atoms with E-state index >= 15 is 0 Å². The second-order valence-corrected chi connectivity index (χ2v) is 7.47. The third kappa shape index (κ3) is 4.63. The summed E-state index contributed by atoms with van der Waals surface area (Å²) in [6.07, 6.45) is 3.59. The van der Waals surface area contributed by atoms with Crippen LogP contribution in [0.15, 0.2) is 83.3 Å². The maximum Gasteiger partial charge on any atom is 0.338 e. The minimum Gasteiger partial charge on any atom is -0.462 e. The first-order valence-electron chi connectivity index (χ1n) is 10.7. The van der Waals surface area contributed by atoms with Gasteiger partial charge in [-0.05, 0) is 47.5 Å². The number of nitrogens with zero attached hydrogens (tertiary/aromatic N) is 1. The Hall–Kier alpha value is -4.10. The number of carbonyl (C=O) groups excluding carboxylic acids is 1. The van der Waals surface area contributed by atoms with Crippen molar-refractivity contribution in [2.24, 2.45) is 0 Å². The molecule has 3 aromatic carbocycles. The second-order valence-electron chi connectivity index (χ2n) is 7.47. The Morgan fingerprint density at radius 2 is 1.78 bits per heavy atom. The van der Waals surface area contributed by atoms with Crippen molar-refractivity contribution in [1.82, 2.24) is 0 Å². The summed E-state index contributed by atoms with van der Waals surface area (Å²) in [6.45, 7) is 2.49. The van der Waals surface area contributed by atoms with E-state index in [0.717, 1.165) is 34.7 Å². The summed E-state index contributed by atoms with van der Waals surface area (Å²) in [7, 11) is 0. The number of hydrogen-bond donors (Lipinski definition) is 0. The third-order valence-electron chi connectivity index (χ3n) is 5.25. The maximum absolute atomic E-state index is 12.1. The van der Waals surface area contributed by atoms with Gasteiger partial charge in [-0.1, -0.05) is 67.9 Å². The van der Waals surface area contributed by atoms with Crippen LogP contribution in [0.3, 0.4) is 0 Å². The number of esters is 1. The maximum atomic E-state index is 12.1. The average molecular weight is 421 g/mol. The van der Waals surface area contributed by atoms with Crippen LogP contribution in [-0.2, 0) is 4.74 Å². The Morgan fingerprint density at radius 3 is 2.56 bits per heavy atom. The number of rotatable bonds is 7. The lowest BCUT2D eigenvalue weighted by atomic mass is 9.98. The standard InChI is InChI=1S/C28H23NO3/c1-2-3-17-31-28(30)22-13-11-21(12-14-22)27-16-15-24(32-27)18-23(19-29)26-10-6-8-20-7-4-5-9-25(20)26/h4-16,18H,2-3,17H2,1H3/b23-18-. The molecule has 0 saturated carbocycles. The Bertz CT molecular complexity index is 1300. The number of hydrogen-bond acceptors (Lipinski definition) is 4. The number of allylic oxidation sites excluding steroid dienone is 1. The molecule has 0 aliphatic carbocycles. The van der Waals surface area contributed by atoms with Crippen LogP contribution in [0.2, 0.25) is 0 Å². The number of furan rings is 1.